The molecule has 0 aliphatic rings. The van der Waals surface area contributed by atoms with E-state index in [0.29, 0.717) is 11.1 Å². The fourth-order valence-electron chi connectivity index (χ4n) is 2.66. The number of hydrogen-bond donors (Lipinski definition) is 2. The highest BCUT2D eigenvalue weighted by molar-refractivity contribution is 5.91. The van der Waals surface area contributed by atoms with E-state index < -0.39 is 11.5 Å². The number of phenolic OH excluding ortho intramolecular Hbond substituents is 2. The number of ether oxygens (including phenoxy) is 1. The summed E-state index contributed by atoms with van der Waals surface area (Å²) in [6.07, 6.45) is 0. The Morgan fingerprint density at radius 2 is 1.62 bits per heavy atom. The van der Waals surface area contributed by atoms with Crippen molar-refractivity contribution in [3.05, 3.63) is 53.6 Å². The number of methoxy groups -OCH3 is 1. The number of aromatic hydroxyl groups is 2. The van der Waals surface area contributed by atoms with Crippen LogP contribution in [0, 0.1) is 22.7 Å². The summed E-state index contributed by atoms with van der Waals surface area (Å²) in [6, 6.07) is 16.0. The molecule has 0 spiro atoms. The molecular formula is C19H12N2O3. The third-order valence-electron chi connectivity index (χ3n) is 3.85. The monoisotopic (exact) mass is 316 g/mol. The summed E-state index contributed by atoms with van der Waals surface area (Å²) >= 11 is 0. The third-order valence-corrected chi connectivity index (χ3v) is 3.85. The van der Waals surface area contributed by atoms with Crippen LogP contribution in [-0.4, -0.2) is 17.3 Å². The van der Waals surface area contributed by atoms with E-state index in [1.54, 1.807) is 13.2 Å². The van der Waals surface area contributed by atoms with E-state index in [1.165, 1.54) is 0 Å². The number of rotatable bonds is 2. The van der Waals surface area contributed by atoms with Gasteiger partial charge in [0.05, 0.1) is 18.7 Å². The summed E-state index contributed by atoms with van der Waals surface area (Å²) in [7, 11) is 1.59. The maximum absolute atomic E-state index is 9.94. The molecule has 0 saturated heterocycles. The normalized spacial score (nSPS) is 10.1. The fourth-order valence-corrected chi connectivity index (χ4v) is 2.66. The van der Waals surface area contributed by atoms with Crippen LogP contribution in [-0.2, 0) is 0 Å². The van der Waals surface area contributed by atoms with E-state index in [2.05, 4.69) is 0 Å². The molecule has 5 heteroatoms. The number of nitrogens with zero attached hydrogens (tertiary/aromatic N) is 2. The van der Waals surface area contributed by atoms with E-state index in [-0.39, 0.29) is 11.1 Å². The molecule has 3 aromatic carbocycles. The molecule has 0 unspecified atom stereocenters. The van der Waals surface area contributed by atoms with Crippen molar-refractivity contribution in [2.75, 3.05) is 7.11 Å². The van der Waals surface area contributed by atoms with Crippen molar-refractivity contribution in [1.29, 1.82) is 10.5 Å². The van der Waals surface area contributed by atoms with Crippen LogP contribution in [0.15, 0.2) is 42.5 Å². The number of benzene rings is 3. The van der Waals surface area contributed by atoms with E-state index in [1.807, 2.05) is 42.5 Å². The van der Waals surface area contributed by atoms with Crippen LogP contribution in [0.1, 0.15) is 11.1 Å². The molecule has 0 fully saturated rings. The molecule has 2 N–H and O–H groups in total. The fraction of sp³-hybridized carbons (Fsp3) is 0.0526. The molecule has 24 heavy (non-hydrogen) atoms. The Morgan fingerprint density at radius 3 is 2.29 bits per heavy atom. The van der Waals surface area contributed by atoms with Crippen LogP contribution in [0.4, 0.5) is 0 Å². The quantitative estimate of drug-likeness (QED) is 0.703. The first kappa shape index (κ1) is 15.2. The van der Waals surface area contributed by atoms with Gasteiger partial charge in [-0.25, -0.2) is 0 Å². The van der Waals surface area contributed by atoms with Gasteiger partial charge in [0.2, 0.25) is 0 Å². The molecule has 116 valence electrons. The first-order valence-electron chi connectivity index (χ1n) is 7.06. The van der Waals surface area contributed by atoms with Crippen molar-refractivity contribution in [2.24, 2.45) is 0 Å². The Balaban J connectivity index is 2.30. The highest BCUT2D eigenvalue weighted by atomic mass is 16.5. The predicted molar refractivity (Wildman–Crippen MR) is 88.7 cm³/mol. The van der Waals surface area contributed by atoms with Gasteiger partial charge in [-0.2, -0.15) is 10.5 Å². The topological polar surface area (TPSA) is 97.3 Å². The smallest absolute Gasteiger partial charge is 0.176 e. The molecule has 3 rings (SSSR count). The molecule has 3 aromatic rings. The van der Waals surface area contributed by atoms with E-state index in [0.717, 1.165) is 22.6 Å². The largest absolute Gasteiger partial charge is 0.504 e. The molecular weight excluding hydrogens is 304 g/mol. The van der Waals surface area contributed by atoms with Crippen LogP contribution in [0.5, 0.6) is 17.2 Å². The van der Waals surface area contributed by atoms with Gasteiger partial charge in [-0.15, -0.1) is 0 Å². The van der Waals surface area contributed by atoms with Gasteiger partial charge in [0.15, 0.2) is 11.5 Å². The first-order chi connectivity index (χ1) is 11.6. The van der Waals surface area contributed by atoms with Crippen molar-refractivity contribution in [1.82, 2.24) is 0 Å². The van der Waals surface area contributed by atoms with Crippen molar-refractivity contribution < 1.29 is 14.9 Å². The van der Waals surface area contributed by atoms with Crippen molar-refractivity contribution in [3.63, 3.8) is 0 Å². The zero-order valence-electron chi connectivity index (χ0n) is 12.7. The van der Waals surface area contributed by atoms with Crippen LogP contribution >= 0.6 is 0 Å². The summed E-state index contributed by atoms with van der Waals surface area (Å²) in [5.74, 6) is -0.286. The van der Waals surface area contributed by atoms with E-state index in [4.69, 9.17) is 4.74 Å². The van der Waals surface area contributed by atoms with Crippen LogP contribution < -0.4 is 4.74 Å². The lowest BCUT2D eigenvalue weighted by Gasteiger charge is -2.11. The molecule has 0 atom stereocenters. The predicted octanol–water partition coefficient (Wildman–Crippen LogP) is 3.67. The highest BCUT2D eigenvalue weighted by Crippen LogP contribution is 2.39. The Kier molecular flexibility index (Phi) is 3.69. The van der Waals surface area contributed by atoms with Crippen LogP contribution in [0.2, 0.25) is 0 Å². The second-order valence-electron chi connectivity index (χ2n) is 5.19. The van der Waals surface area contributed by atoms with Gasteiger partial charge in [-0.3, -0.25) is 0 Å². The molecule has 0 radical (unpaired) electrons. The second-order valence-corrected chi connectivity index (χ2v) is 5.19. The first-order valence-corrected chi connectivity index (χ1v) is 7.06. The van der Waals surface area contributed by atoms with Gasteiger partial charge in [0.25, 0.3) is 0 Å². The number of fused-ring (bicyclic) bond motifs is 1. The van der Waals surface area contributed by atoms with Gasteiger partial charge in [-0.05, 0) is 34.5 Å². The lowest BCUT2D eigenvalue weighted by atomic mass is 9.92. The maximum atomic E-state index is 9.94. The van der Waals surface area contributed by atoms with Gasteiger partial charge in [0.1, 0.15) is 17.4 Å². The molecule has 0 saturated carbocycles. The summed E-state index contributed by atoms with van der Waals surface area (Å²) in [5, 5.41) is 40.1. The Labute approximate surface area is 138 Å². The summed E-state index contributed by atoms with van der Waals surface area (Å²) in [6.45, 7) is 0. The average Bonchev–Trinajstić information content (AvgIpc) is 2.62. The minimum atomic E-state index is -0.527. The molecule has 5 nitrogen and oxygen atoms in total. The zero-order chi connectivity index (χ0) is 17.3. The Hall–Kier alpha value is -3.70. The number of hydrogen-bond acceptors (Lipinski definition) is 5. The molecule has 0 bridgehead atoms. The molecule has 0 aromatic heterocycles. The van der Waals surface area contributed by atoms with Crippen molar-refractivity contribution in [3.8, 4) is 40.5 Å². The standard InChI is InChI=1S/C19H12N2O3/c1-24-15-5-4-11-6-13(3-2-12(11)7-15)18-14(9-20)8-17(22)19(23)16(18)10-21/h2-8,22-23H,1H3. The van der Waals surface area contributed by atoms with Crippen LogP contribution in [0.25, 0.3) is 21.9 Å². The van der Waals surface area contributed by atoms with E-state index >= 15 is 0 Å². The summed E-state index contributed by atoms with van der Waals surface area (Å²) in [4.78, 5) is 0. The van der Waals surface area contributed by atoms with Crippen LogP contribution in [0.3, 0.4) is 0 Å². The number of nitriles is 2. The lowest BCUT2D eigenvalue weighted by molar-refractivity contribution is 0.402. The second kappa shape index (κ2) is 5.83. The van der Waals surface area contributed by atoms with E-state index in [9.17, 15) is 20.7 Å². The number of phenols is 2. The Bertz CT molecular complexity index is 1040. The zero-order valence-corrected chi connectivity index (χ0v) is 12.7. The average molecular weight is 316 g/mol. The molecule has 0 aliphatic heterocycles. The van der Waals surface area contributed by atoms with Gasteiger partial charge in [0, 0.05) is 11.6 Å². The SMILES string of the molecule is COc1ccc2cc(-c3c(C#N)cc(O)c(O)c3C#N)ccc2c1. The third kappa shape index (κ3) is 2.35. The highest BCUT2D eigenvalue weighted by Gasteiger charge is 2.19. The van der Waals surface area contributed by atoms with Gasteiger partial charge in [-0.1, -0.05) is 18.2 Å². The lowest BCUT2D eigenvalue weighted by Crippen LogP contribution is -1.92. The molecule has 0 aliphatic carbocycles. The molecule has 0 amide bonds. The minimum absolute atomic E-state index is 0.120. The maximum Gasteiger partial charge on any atom is 0.176 e. The van der Waals surface area contributed by atoms with Gasteiger partial charge < -0.3 is 14.9 Å². The summed E-state index contributed by atoms with van der Waals surface area (Å²) < 4.78 is 5.19. The summed E-state index contributed by atoms with van der Waals surface area (Å²) in [5.41, 5.74) is 0.901. The van der Waals surface area contributed by atoms with Crippen molar-refractivity contribution in [2.45, 2.75) is 0 Å². The van der Waals surface area contributed by atoms with Gasteiger partial charge >= 0.3 is 0 Å². The Morgan fingerprint density at radius 1 is 0.917 bits per heavy atom. The molecule has 0 heterocycles. The minimum Gasteiger partial charge on any atom is -0.504 e. The van der Waals surface area contributed by atoms with Crippen molar-refractivity contribution >= 4 is 10.8 Å².